The van der Waals surface area contributed by atoms with E-state index in [1.165, 1.54) is 4.57 Å². The van der Waals surface area contributed by atoms with Crippen LogP contribution in [0.2, 0.25) is 0 Å². The zero-order chi connectivity index (χ0) is 25.9. The van der Waals surface area contributed by atoms with Gasteiger partial charge in [0.15, 0.2) is 17.1 Å². The number of hydrogen-bond donors (Lipinski definition) is 2. The number of likely N-dealkylation sites (tertiary alicyclic amines) is 1. The van der Waals surface area contributed by atoms with Crippen LogP contribution in [0.15, 0.2) is 51.7 Å². The van der Waals surface area contributed by atoms with Crippen LogP contribution in [0.4, 0.5) is 5.69 Å². The number of ether oxygens (including phenoxy) is 2. The van der Waals surface area contributed by atoms with E-state index >= 15 is 0 Å². The highest BCUT2D eigenvalue weighted by atomic mass is 16.5. The van der Waals surface area contributed by atoms with E-state index in [1.54, 1.807) is 55.5 Å². The smallest absolute Gasteiger partial charge is 0.420 e. The first kappa shape index (κ1) is 24.2. The summed E-state index contributed by atoms with van der Waals surface area (Å²) < 4.78 is 17.2. The molecule has 0 unspecified atom stereocenters. The number of carbonyl (C=O) groups excluding carboxylic acids is 2. The summed E-state index contributed by atoms with van der Waals surface area (Å²) >= 11 is 0. The van der Waals surface area contributed by atoms with Crippen molar-refractivity contribution in [3.63, 3.8) is 0 Å². The lowest BCUT2D eigenvalue weighted by Gasteiger charge is -2.26. The molecule has 37 heavy (non-hydrogen) atoms. The molecule has 3 heterocycles. The zero-order valence-corrected chi connectivity index (χ0v) is 20.6. The van der Waals surface area contributed by atoms with Crippen molar-refractivity contribution in [3.05, 3.63) is 58.7 Å². The maximum absolute atomic E-state index is 12.9. The number of rotatable bonds is 7. The number of oxazole rings is 1. The van der Waals surface area contributed by atoms with Crippen LogP contribution >= 0.6 is 0 Å². The van der Waals surface area contributed by atoms with Gasteiger partial charge in [-0.25, -0.2) is 4.79 Å². The third-order valence-corrected chi connectivity index (χ3v) is 6.43. The highest BCUT2D eigenvalue weighted by Gasteiger charge is 2.20. The maximum Gasteiger partial charge on any atom is 0.420 e. The van der Waals surface area contributed by atoms with E-state index in [2.05, 4.69) is 15.5 Å². The lowest BCUT2D eigenvalue weighted by Crippen LogP contribution is -2.39. The van der Waals surface area contributed by atoms with Gasteiger partial charge >= 0.3 is 5.76 Å². The van der Waals surface area contributed by atoms with Crippen LogP contribution < -0.4 is 20.5 Å². The Hall–Kier alpha value is -4.54. The van der Waals surface area contributed by atoms with Crippen molar-refractivity contribution >= 4 is 28.6 Å². The molecule has 0 spiro atoms. The third kappa shape index (κ3) is 4.92. The van der Waals surface area contributed by atoms with Gasteiger partial charge in [0.05, 0.1) is 25.4 Å². The summed E-state index contributed by atoms with van der Waals surface area (Å²) in [7, 11) is 3.10. The second kappa shape index (κ2) is 10.2. The number of aromatic amines is 1. The van der Waals surface area contributed by atoms with Crippen molar-refractivity contribution in [2.45, 2.75) is 25.8 Å². The van der Waals surface area contributed by atoms with E-state index in [0.717, 1.165) is 24.8 Å². The summed E-state index contributed by atoms with van der Waals surface area (Å²) in [4.78, 5) is 39.9. The molecular weight excluding hydrogens is 478 g/mol. The number of amides is 2. The van der Waals surface area contributed by atoms with Gasteiger partial charge in [0, 0.05) is 24.3 Å². The number of benzene rings is 2. The number of carbonyl (C=O) groups is 2. The SMILES string of the molecule is COc1ccc(-c2cc(C(=O)Nc3ccc4oc(=O)n(CC(=O)N5CCCCC5)c4c3)[nH]n2)cc1OC. The highest BCUT2D eigenvalue weighted by molar-refractivity contribution is 6.04. The largest absolute Gasteiger partial charge is 0.493 e. The van der Waals surface area contributed by atoms with Gasteiger partial charge in [-0.2, -0.15) is 5.10 Å². The van der Waals surface area contributed by atoms with Gasteiger partial charge in [-0.1, -0.05) is 0 Å². The first-order chi connectivity index (χ1) is 18.0. The Bertz CT molecular complexity index is 1510. The molecular formula is C26H27N5O6. The fourth-order valence-corrected chi connectivity index (χ4v) is 4.45. The molecule has 1 fully saturated rings. The lowest BCUT2D eigenvalue weighted by atomic mass is 10.1. The van der Waals surface area contributed by atoms with Crippen LogP contribution in [0.5, 0.6) is 11.5 Å². The van der Waals surface area contributed by atoms with Crippen molar-refractivity contribution in [2.75, 3.05) is 32.6 Å². The molecule has 2 aromatic carbocycles. The minimum absolute atomic E-state index is 0.113. The van der Waals surface area contributed by atoms with E-state index in [-0.39, 0.29) is 18.1 Å². The van der Waals surface area contributed by atoms with Crippen LogP contribution in [0.25, 0.3) is 22.4 Å². The molecule has 0 atom stereocenters. The predicted octanol–water partition coefficient (Wildman–Crippen LogP) is 3.27. The summed E-state index contributed by atoms with van der Waals surface area (Å²) in [5.41, 5.74) is 2.77. The van der Waals surface area contributed by atoms with Gasteiger partial charge in [0.1, 0.15) is 12.2 Å². The minimum atomic E-state index is -0.614. The zero-order valence-electron chi connectivity index (χ0n) is 20.6. The van der Waals surface area contributed by atoms with Gasteiger partial charge in [0.25, 0.3) is 5.91 Å². The fraction of sp³-hybridized carbons (Fsp3) is 0.308. The molecule has 5 rings (SSSR count). The van der Waals surface area contributed by atoms with Gasteiger partial charge in [-0.05, 0) is 61.7 Å². The third-order valence-electron chi connectivity index (χ3n) is 6.43. The van der Waals surface area contributed by atoms with Crippen LogP contribution in [-0.4, -0.2) is 58.8 Å². The summed E-state index contributed by atoms with van der Waals surface area (Å²) in [6, 6.07) is 11.8. The van der Waals surface area contributed by atoms with Crippen molar-refractivity contribution in [2.24, 2.45) is 0 Å². The van der Waals surface area contributed by atoms with Crippen LogP contribution in [0.3, 0.4) is 0 Å². The number of anilines is 1. The van der Waals surface area contributed by atoms with Crippen molar-refractivity contribution in [3.8, 4) is 22.8 Å². The van der Waals surface area contributed by atoms with Gasteiger partial charge in [-0.3, -0.25) is 19.3 Å². The number of nitrogens with zero attached hydrogens (tertiary/aromatic N) is 3. The number of aromatic nitrogens is 3. The molecule has 1 saturated heterocycles. The Morgan fingerprint density at radius 1 is 1.03 bits per heavy atom. The number of fused-ring (bicyclic) bond motifs is 1. The predicted molar refractivity (Wildman–Crippen MR) is 136 cm³/mol. The van der Waals surface area contributed by atoms with E-state index in [1.807, 2.05) is 6.07 Å². The Balaban J connectivity index is 1.34. The van der Waals surface area contributed by atoms with Gasteiger partial charge in [0.2, 0.25) is 5.91 Å². The fourth-order valence-electron chi connectivity index (χ4n) is 4.45. The van der Waals surface area contributed by atoms with E-state index < -0.39 is 11.7 Å². The first-order valence-corrected chi connectivity index (χ1v) is 12.0. The van der Waals surface area contributed by atoms with Crippen molar-refractivity contribution < 1.29 is 23.5 Å². The Morgan fingerprint density at radius 2 is 1.81 bits per heavy atom. The van der Waals surface area contributed by atoms with Gasteiger partial charge in [-0.15, -0.1) is 0 Å². The second-order valence-corrected chi connectivity index (χ2v) is 8.77. The Morgan fingerprint density at radius 3 is 2.57 bits per heavy atom. The lowest BCUT2D eigenvalue weighted by molar-refractivity contribution is -0.132. The second-order valence-electron chi connectivity index (χ2n) is 8.77. The molecule has 1 aliphatic heterocycles. The molecule has 192 valence electrons. The number of H-pyrrole nitrogens is 1. The van der Waals surface area contributed by atoms with E-state index in [4.69, 9.17) is 13.9 Å². The normalized spacial score (nSPS) is 13.5. The average molecular weight is 506 g/mol. The molecule has 1 aliphatic rings. The Labute approximate surface area is 212 Å². The average Bonchev–Trinajstić information content (AvgIpc) is 3.54. The van der Waals surface area contributed by atoms with Crippen molar-refractivity contribution in [1.29, 1.82) is 0 Å². The Kier molecular flexibility index (Phi) is 6.67. The molecule has 2 N–H and O–H groups in total. The van der Waals surface area contributed by atoms with Crippen LogP contribution in [-0.2, 0) is 11.3 Å². The number of methoxy groups -OCH3 is 2. The van der Waals surface area contributed by atoms with Crippen LogP contribution in [0.1, 0.15) is 29.8 Å². The molecule has 11 nitrogen and oxygen atoms in total. The molecule has 0 bridgehead atoms. The molecule has 2 amide bonds. The topological polar surface area (TPSA) is 132 Å². The quantitative estimate of drug-likeness (QED) is 0.394. The molecule has 0 radical (unpaired) electrons. The number of nitrogens with one attached hydrogen (secondary N) is 2. The van der Waals surface area contributed by atoms with Gasteiger partial charge < -0.3 is 24.1 Å². The molecule has 0 aliphatic carbocycles. The summed E-state index contributed by atoms with van der Waals surface area (Å²) in [5, 5.41) is 9.79. The monoisotopic (exact) mass is 505 g/mol. The maximum atomic E-state index is 12.9. The molecule has 4 aromatic rings. The first-order valence-electron chi connectivity index (χ1n) is 12.0. The molecule has 0 saturated carbocycles. The number of piperidine rings is 1. The van der Waals surface area contributed by atoms with E-state index in [0.29, 0.717) is 47.1 Å². The van der Waals surface area contributed by atoms with Crippen molar-refractivity contribution in [1.82, 2.24) is 19.7 Å². The molecule has 2 aromatic heterocycles. The minimum Gasteiger partial charge on any atom is -0.493 e. The standard InChI is InChI=1S/C26H27N5O6/c1-35-22-8-6-16(12-23(22)36-2)18-14-19(29-28-18)25(33)27-17-7-9-21-20(13-17)31(26(34)37-21)15-24(32)30-10-4-3-5-11-30/h6-9,12-14H,3-5,10-11,15H2,1-2H3,(H,27,33)(H,28,29). The summed E-state index contributed by atoms with van der Waals surface area (Å²) in [6.07, 6.45) is 3.03. The summed E-state index contributed by atoms with van der Waals surface area (Å²) in [6.45, 7) is 1.28. The van der Waals surface area contributed by atoms with E-state index in [9.17, 15) is 14.4 Å². The van der Waals surface area contributed by atoms with Crippen LogP contribution in [0, 0.1) is 0 Å². The molecule has 11 heteroatoms. The number of hydrogen-bond acceptors (Lipinski definition) is 7. The summed E-state index contributed by atoms with van der Waals surface area (Å²) in [5.74, 6) is -0.0193. The highest BCUT2D eigenvalue weighted by Crippen LogP contribution is 2.31.